The van der Waals surface area contributed by atoms with E-state index < -0.39 is 0 Å². The number of hydrogen-bond acceptors (Lipinski definition) is 2. The molecule has 90 valence electrons. The van der Waals surface area contributed by atoms with Crippen LogP contribution in [0.2, 0.25) is 0 Å². The van der Waals surface area contributed by atoms with Gasteiger partial charge in [0.05, 0.1) is 5.69 Å². The molecule has 2 N–H and O–H groups in total. The molecule has 0 aliphatic carbocycles. The summed E-state index contributed by atoms with van der Waals surface area (Å²) in [5.41, 5.74) is 8.67. The van der Waals surface area contributed by atoms with Crippen LogP contribution in [0.3, 0.4) is 0 Å². The Hall–Kier alpha value is -1.61. The molecule has 2 rings (SSSR count). The first kappa shape index (κ1) is 11.9. The molecule has 1 aromatic heterocycles. The average molecular weight is 229 g/mol. The molecule has 2 aromatic rings. The third-order valence-corrected chi connectivity index (χ3v) is 3.02. The summed E-state index contributed by atoms with van der Waals surface area (Å²) >= 11 is 0. The van der Waals surface area contributed by atoms with Gasteiger partial charge in [-0.25, -0.2) is 0 Å². The highest BCUT2D eigenvalue weighted by Crippen LogP contribution is 2.16. The van der Waals surface area contributed by atoms with Crippen molar-refractivity contribution in [2.75, 3.05) is 0 Å². The molecule has 0 bridgehead atoms. The summed E-state index contributed by atoms with van der Waals surface area (Å²) in [4.78, 5) is 0. The maximum atomic E-state index is 6.20. The fourth-order valence-corrected chi connectivity index (χ4v) is 2.04. The predicted molar refractivity (Wildman–Crippen MR) is 69.6 cm³/mol. The van der Waals surface area contributed by atoms with Crippen molar-refractivity contribution in [1.82, 2.24) is 9.78 Å². The van der Waals surface area contributed by atoms with Crippen LogP contribution < -0.4 is 5.73 Å². The van der Waals surface area contributed by atoms with E-state index in [1.165, 1.54) is 5.56 Å². The van der Waals surface area contributed by atoms with Crippen LogP contribution in [-0.2, 0) is 13.0 Å². The summed E-state index contributed by atoms with van der Waals surface area (Å²) < 4.78 is 1.97. The van der Waals surface area contributed by atoms with Gasteiger partial charge in [-0.15, -0.1) is 0 Å². The van der Waals surface area contributed by atoms with E-state index in [-0.39, 0.29) is 6.04 Å². The van der Waals surface area contributed by atoms with Crippen molar-refractivity contribution in [3.8, 4) is 0 Å². The first-order valence-electron chi connectivity index (χ1n) is 6.12. The molecule has 0 saturated carbocycles. The van der Waals surface area contributed by atoms with E-state index in [0.29, 0.717) is 0 Å². The van der Waals surface area contributed by atoms with E-state index in [1.54, 1.807) is 0 Å². The van der Waals surface area contributed by atoms with Crippen LogP contribution in [0.4, 0.5) is 0 Å². The molecule has 17 heavy (non-hydrogen) atoms. The van der Waals surface area contributed by atoms with Gasteiger partial charge in [0, 0.05) is 18.8 Å². The van der Waals surface area contributed by atoms with Crippen LogP contribution in [0.1, 0.15) is 30.6 Å². The number of hydrogen-bond donors (Lipinski definition) is 1. The normalized spacial score (nSPS) is 12.6. The van der Waals surface area contributed by atoms with Gasteiger partial charge in [-0.3, -0.25) is 4.68 Å². The Bertz CT molecular complexity index is 448. The van der Waals surface area contributed by atoms with Crippen molar-refractivity contribution in [2.24, 2.45) is 5.73 Å². The minimum atomic E-state index is 0.0673. The number of rotatable bonds is 5. The largest absolute Gasteiger partial charge is 0.323 e. The van der Waals surface area contributed by atoms with Crippen LogP contribution in [0.25, 0.3) is 0 Å². The molecule has 1 unspecified atom stereocenters. The molecule has 0 aliphatic rings. The lowest BCUT2D eigenvalue weighted by atomic mass is 10.0. The highest BCUT2D eigenvalue weighted by atomic mass is 15.3. The highest BCUT2D eigenvalue weighted by molar-refractivity contribution is 5.15. The Balaban J connectivity index is 1.96. The van der Waals surface area contributed by atoms with Crippen LogP contribution in [0.15, 0.2) is 42.6 Å². The van der Waals surface area contributed by atoms with Crippen molar-refractivity contribution in [2.45, 2.75) is 32.4 Å². The van der Waals surface area contributed by atoms with Gasteiger partial charge in [0.2, 0.25) is 0 Å². The van der Waals surface area contributed by atoms with E-state index in [1.807, 2.05) is 23.0 Å². The van der Waals surface area contributed by atoms with Crippen molar-refractivity contribution in [3.63, 3.8) is 0 Å². The second kappa shape index (κ2) is 5.64. The Morgan fingerprint density at radius 1 is 1.24 bits per heavy atom. The first-order chi connectivity index (χ1) is 8.31. The quantitative estimate of drug-likeness (QED) is 0.856. The summed E-state index contributed by atoms with van der Waals surface area (Å²) in [6, 6.07) is 12.5. The van der Waals surface area contributed by atoms with Gasteiger partial charge in [0.15, 0.2) is 0 Å². The fraction of sp³-hybridized carbons (Fsp3) is 0.357. The summed E-state index contributed by atoms with van der Waals surface area (Å²) in [5, 5.41) is 4.25. The molecular formula is C14H19N3. The van der Waals surface area contributed by atoms with E-state index in [9.17, 15) is 0 Å². The van der Waals surface area contributed by atoms with Gasteiger partial charge < -0.3 is 5.73 Å². The second-order valence-corrected chi connectivity index (χ2v) is 4.20. The van der Waals surface area contributed by atoms with Crippen LogP contribution in [0, 0.1) is 0 Å². The van der Waals surface area contributed by atoms with Gasteiger partial charge in [0.1, 0.15) is 0 Å². The zero-order chi connectivity index (χ0) is 12.1. The Labute approximate surface area is 102 Å². The van der Waals surface area contributed by atoms with Crippen LogP contribution >= 0.6 is 0 Å². The lowest BCUT2D eigenvalue weighted by molar-refractivity contribution is 0.547. The predicted octanol–water partition coefficient (Wildman–Crippen LogP) is 2.54. The first-order valence-corrected chi connectivity index (χ1v) is 6.12. The fourth-order valence-electron chi connectivity index (χ4n) is 2.04. The minimum Gasteiger partial charge on any atom is -0.323 e. The molecule has 3 heteroatoms. The molecule has 3 nitrogen and oxygen atoms in total. The Kier molecular flexibility index (Phi) is 3.94. The minimum absolute atomic E-state index is 0.0673. The summed E-state index contributed by atoms with van der Waals surface area (Å²) in [6.07, 6.45) is 3.79. The molecule has 1 heterocycles. The van der Waals surface area contributed by atoms with Gasteiger partial charge in [-0.2, -0.15) is 5.10 Å². The molecule has 0 aliphatic heterocycles. The lowest BCUT2D eigenvalue weighted by Crippen LogP contribution is -2.16. The van der Waals surface area contributed by atoms with Crippen molar-refractivity contribution >= 4 is 0 Å². The van der Waals surface area contributed by atoms with Crippen molar-refractivity contribution in [3.05, 3.63) is 53.9 Å². The van der Waals surface area contributed by atoms with Crippen molar-refractivity contribution in [1.29, 1.82) is 0 Å². The van der Waals surface area contributed by atoms with E-state index >= 15 is 0 Å². The summed E-state index contributed by atoms with van der Waals surface area (Å²) in [5.74, 6) is 0. The van der Waals surface area contributed by atoms with Crippen LogP contribution in [0.5, 0.6) is 0 Å². The monoisotopic (exact) mass is 229 g/mol. The van der Waals surface area contributed by atoms with Crippen LogP contribution in [-0.4, -0.2) is 9.78 Å². The number of benzene rings is 1. The molecule has 0 radical (unpaired) electrons. The van der Waals surface area contributed by atoms with Crippen molar-refractivity contribution < 1.29 is 0 Å². The maximum Gasteiger partial charge on any atom is 0.0551 e. The highest BCUT2D eigenvalue weighted by Gasteiger charge is 2.10. The zero-order valence-corrected chi connectivity index (χ0v) is 10.2. The average Bonchev–Trinajstić information content (AvgIpc) is 2.85. The topological polar surface area (TPSA) is 43.8 Å². The molecule has 1 atom stereocenters. The molecular weight excluding hydrogens is 210 g/mol. The third kappa shape index (κ3) is 2.94. The molecule has 0 saturated heterocycles. The number of aryl methyl sites for hydroxylation is 2. The lowest BCUT2D eigenvalue weighted by Gasteiger charge is -2.13. The maximum absolute atomic E-state index is 6.20. The summed E-state index contributed by atoms with van der Waals surface area (Å²) in [7, 11) is 0. The Morgan fingerprint density at radius 3 is 2.71 bits per heavy atom. The van der Waals surface area contributed by atoms with Gasteiger partial charge >= 0.3 is 0 Å². The van der Waals surface area contributed by atoms with E-state index in [4.69, 9.17) is 5.73 Å². The molecule has 0 spiro atoms. The van der Waals surface area contributed by atoms with E-state index in [0.717, 1.165) is 25.1 Å². The number of nitrogens with two attached hydrogens (primary N) is 1. The van der Waals surface area contributed by atoms with Gasteiger partial charge in [0.25, 0.3) is 0 Å². The summed E-state index contributed by atoms with van der Waals surface area (Å²) in [6.45, 7) is 2.96. The van der Waals surface area contributed by atoms with Gasteiger partial charge in [-0.05, 0) is 31.4 Å². The second-order valence-electron chi connectivity index (χ2n) is 4.20. The zero-order valence-electron chi connectivity index (χ0n) is 10.2. The molecule has 0 amide bonds. The standard InChI is InChI=1S/C14H19N3/c1-2-17-14(10-11-16-17)13(15)9-8-12-6-4-3-5-7-12/h3-7,10-11,13H,2,8-9,15H2,1H3. The number of nitrogens with zero attached hydrogens (tertiary/aromatic N) is 2. The molecule has 1 aromatic carbocycles. The van der Waals surface area contributed by atoms with E-state index in [2.05, 4.69) is 36.3 Å². The molecule has 0 fully saturated rings. The van der Waals surface area contributed by atoms with Gasteiger partial charge in [-0.1, -0.05) is 30.3 Å². The smallest absolute Gasteiger partial charge is 0.0551 e. The SMILES string of the molecule is CCn1nccc1C(N)CCc1ccccc1. The number of aromatic nitrogens is 2. The third-order valence-electron chi connectivity index (χ3n) is 3.02. The Morgan fingerprint density at radius 2 is 2.00 bits per heavy atom.